The second kappa shape index (κ2) is 29.7. The van der Waals surface area contributed by atoms with Gasteiger partial charge in [0.2, 0.25) is 0 Å². The third-order valence-corrected chi connectivity index (χ3v) is 0. The van der Waals surface area contributed by atoms with Crippen LogP contribution in [0.1, 0.15) is 0 Å². The molecule has 0 aromatic heterocycles. The fraction of sp³-hybridized carbons (Fsp3) is 0. The first-order valence-electron chi connectivity index (χ1n) is 2.24. The minimum atomic E-state index is -1.75. The molecule has 0 amide bonds. The molecule has 0 saturated carbocycles. The molecule has 0 bridgehead atoms. The van der Waals surface area contributed by atoms with E-state index in [-0.39, 0.29) is 69.3 Å². The molecule has 1 atom stereocenters. The molecule has 0 aromatic carbocycles. The molecule has 0 aromatic rings. The Bertz CT molecular complexity index is 164. The van der Waals surface area contributed by atoms with E-state index in [0.717, 1.165) is 0 Å². The van der Waals surface area contributed by atoms with E-state index in [0.29, 0.717) is 0 Å². The van der Waals surface area contributed by atoms with Crippen LogP contribution in [0.3, 0.4) is 0 Å². The van der Waals surface area contributed by atoms with Crippen molar-refractivity contribution in [3.63, 3.8) is 0 Å². The van der Waals surface area contributed by atoms with Crippen LogP contribution in [0, 0.1) is 45.7 Å². The largest absolute Gasteiger partial charge is 1.00 e. The summed E-state index contributed by atoms with van der Waals surface area (Å²) < 4.78 is 0. The first kappa shape index (κ1) is 36.0. The van der Waals surface area contributed by atoms with E-state index in [1.165, 1.54) is 0 Å². The Kier molecular flexibility index (Phi) is 59.4. The van der Waals surface area contributed by atoms with Gasteiger partial charge in [-0.25, -0.2) is 0 Å². The predicted molar refractivity (Wildman–Crippen MR) is 46.6 cm³/mol. The predicted octanol–water partition coefficient (Wildman–Crippen LogP) is -5.46. The van der Waals surface area contributed by atoms with Gasteiger partial charge >= 0.3 is 69.3 Å². The van der Waals surface area contributed by atoms with Gasteiger partial charge in [-0.2, -0.15) is 0 Å². The van der Waals surface area contributed by atoms with Crippen LogP contribution in [0.5, 0.6) is 0 Å². The minimum Gasteiger partial charge on any atom is 1.00 e. The zero-order chi connectivity index (χ0) is 14.3. The summed E-state index contributed by atoms with van der Waals surface area (Å²) in [6, 6.07) is 0. The SMILES string of the molecule is O=[N+]([O-])O.O=[N+]([O-])O.O=[N+]([O-])O.O=[N+]([O-])[O-].[AsH3].[K+]. The van der Waals surface area contributed by atoms with Gasteiger partial charge in [-0.05, 0) is 0 Å². The Hall–Kier alpha value is -1.01. The first-order chi connectivity index (χ1) is 6.93. The van der Waals surface area contributed by atoms with Gasteiger partial charge in [-0.3, -0.25) is 0 Å². The van der Waals surface area contributed by atoms with Crippen LogP contribution in [0.4, 0.5) is 0 Å². The van der Waals surface area contributed by atoms with E-state index < -0.39 is 20.3 Å². The van der Waals surface area contributed by atoms with Crippen LogP contribution >= 0.6 is 0 Å². The van der Waals surface area contributed by atoms with Crippen LogP contribution in [0.2, 0.25) is 0 Å². The Morgan fingerprint density at radius 1 is 0.611 bits per heavy atom. The quantitative estimate of drug-likeness (QED) is 0.205. The molecule has 18 heavy (non-hydrogen) atoms. The first-order valence-corrected chi connectivity index (χ1v) is 2.24. The van der Waals surface area contributed by atoms with Crippen LogP contribution in [0.15, 0.2) is 0 Å². The zero-order valence-electron chi connectivity index (χ0n) is 8.51. The topological polar surface area (TPSA) is 256 Å². The third-order valence-electron chi connectivity index (χ3n) is 0. The Labute approximate surface area is 149 Å². The maximum Gasteiger partial charge on any atom is 1.00 e. The van der Waals surface area contributed by atoms with Gasteiger partial charge in [0.1, 0.15) is 0 Å². The van der Waals surface area contributed by atoms with Crippen molar-refractivity contribution >= 4 is 18.0 Å². The summed E-state index contributed by atoms with van der Waals surface area (Å²) in [6.45, 7) is 0. The molecule has 0 fully saturated rings. The number of nitrogens with zero attached hydrogens (tertiary/aromatic N) is 4. The zero-order valence-corrected chi connectivity index (χ0v) is 14.6. The average molecular weight is 368 g/mol. The molecule has 0 spiro atoms. The van der Waals surface area contributed by atoms with Crippen molar-refractivity contribution in [2.24, 2.45) is 0 Å². The second-order valence-corrected chi connectivity index (χ2v) is 0.937. The maximum absolute atomic E-state index is 8.36. The maximum atomic E-state index is 8.36. The molecule has 16 nitrogen and oxygen atoms in total. The smallest absolute Gasteiger partial charge is 1.00 e. The van der Waals surface area contributed by atoms with Gasteiger partial charge in [0.15, 0.2) is 0 Å². The van der Waals surface area contributed by atoms with E-state index in [9.17, 15) is 0 Å². The van der Waals surface area contributed by atoms with Crippen LogP contribution < -0.4 is 51.4 Å². The van der Waals surface area contributed by atoms with Gasteiger partial charge in [0.05, 0.1) is 5.09 Å². The van der Waals surface area contributed by atoms with Gasteiger partial charge in [0, 0.05) is 0 Å². The second-order valence-electron chi connectivity index (χ2n) is 0.937. The third kappa shape index (κ3) is 2910. The molecular formula is H6AsKN4O12. The molecule has 3 N–H and O–H groups in total. The van der Waals surface area contributed by atoms with E-state index in [2.05, 4.69) is 0 Å². The van der Waals surface area contributed by atoms with Gasteiger partial charge in [-0.15, -0.1) is 30.3 Å². The average Bonchev–Trinajstić information content (AvgIpc) is 1.76. The van der Waals surface area contributed by atoms with E-state index >= 15 is 0 Å². The van der Waals surface area contributed by atoms with Crippen LogP contribution in [-0.4, -0.2) is 53.9 Å². The van der Waals surface area contributed by atoms with Crippen molar-refractivity contribution in [1.82, 2.24) is 0 Å². The number of hydrogen-bond donors (Lipinski definition) is 3. The Balaban J connectivity index is -0.0000000257. The summed E-state index contributed by atoms with van der Waals surface area (Å²) in [4.78, 5) is 33.3. The summed E-state index contributed by atoms with van der Waals surface area (Å²) in [5, 5.41) is 55.7. The van der Waals surface area contributed by atoms with Crippen LogP contribution in [-0.2, 0) is 0 Å². The molecule has 0 saturated heterocycles. The molecule has 0 aliphatic heterocycles. The van der Waals surface area contributed by atoms with Crippen LogP contribution in [0.25, 0.3) is 0 Å². The Morgan fingerprint density at radius 3 is 0.611 bits per heavy atom. The summed E-state index contributed by atoms with van der Waals surface area (Å²) in [5.74, 6) is 0. The van der Waals surface area contributed by atoms with E-state index in [1.807, 2.05) is 0 Å². The molecule has 18 heteroatoms. The molecule has 0 heterocycles. The van der Waals surface area contributed by atoms with Crippen molar-refractivity contribution in [1.29, 1.82) is 0 Å². The molecule has 0 aliphatic carbocycles. The summed E-state index contributed by atoms with van der Waals surface area (Å²) in [7, 11) is 0. The van der Waals surface area contributed by atoms with Gasteiger partial charge < -0.3 is 30.9 Å². The summed E-state index contributed by atoms with van der Waals surface area (Å²) >= 11 is 0. The monoisotopic (exact) mass is 368 g/mol. The molecular weight excluding hydrogens is 362 g/mol. The van der Waals surface area contributed by atoms with E-state index in [1.54, 1.807) is 0 Å². The fourth-order valence-electron chi connectivity index (χ4n) is 0. The van der Waals surface area contributed by atoms with Crippen molar-refractivity contribution in [3.8, 4) is 0 Å². The fourth-order valence-corrected chi connectivity index (χ4v) is 0. The van der Waals surface area contributed by atoms with Crippen molar-refractivity contribution in [2.75, 3.05) is 0 Å². The van der Waals surface area contributed by atoms with Crippen molar-refractivity contribution in [2.45, 2.75) is 0 Å². The van der Waals surface area contributed by atoms with Gasteiger partial charge in [-0.1, -0.05) is 0 Å². The molecule has 104 valence electrons. The standard InChI is InChI=1S/AsH3.K.3HNO3.NO3/c;;4*2-1(3)4/h1H3;;3*(H,2,3,4);/q;+1;;;;-1. The normalized spacial score (nSPS) is 5.33. The number of hydrogen-bond acceptors (Lipinski definition) is 9. The van der Waals surface area contributed by atoms with Gasteiger partial charge in [0.25, 0.3) is 15.3 Å². The summed E-state index contributed by atoms with van der Waals surface area (Å²) in [5.41, 5.74) is 0. The van der Waals surface area contributed by atoms with Crippen molar-refractivity contribution in [3.05, 3.63) is 45.7 Å². The molecule has 0 radical (unpaired) electrons. The molecule has 1 unspecified atom stereocenters. The number of rotatable bonds is 0. The van der Waals surface area contributed by atoms with E-state index in [4.69, 9.17) is 61.3 Å². The summed E-state index contributed by atoms with van der Waals surface area (Å²) in [6.07, 6.45) is 0. The van der Waals surface area contributed by atoms with Crippen molar-refractivity contribution < 1.29 is 87.4 Å². The molecule has 0 rings (SSSR count). The molecule has 0 aliphatic rings. The Morgan fingerprint density at radius 2 is 0.611 bits per heavy atom. The minimum absolute atomic E-state index is 0.